The van der Waals surface area contributed by atoms with E-state index in [0.29, 0.717) is 10.9 Å². The number of benzene rings is 2. The van der Waals surface area contributed by atoms with Crippen molar-refractivity contribution in [1.29, 1.82) is 0 Å². The third kappa shape index (κ3) is 2.81. The van der Waals surface area contributed by atoms with Crippen molar-refractivity contribution in [1.82, 2.24) is 8.87 Å². The molecular weight excluding hydrogens is 368 g/mol. The van der Waals surface area contributed by atoms with Crippen LogP contribution >= 0.6 is 0 Å². The summed E-state index contributed by atoms with van der Waals surface area (Å²) in [5.41, 5.74) is 4.23. The monoisotopic (exact) mass is 392 g/mol. The van der Waals surface area contributed by atoms with E-state index in [1.165, 1.54) is 28.9 Å². The molecule has 1 atom stereocenters. The Hall–Kier alpha value is -2.37. The van der Waals surface area contributed by atoms with Gasteiger partial charge in [0.15, 0.2) is 0 Å². The summed E-state index contributed by atoms with van der Waals surface area (Å²) in [4.78, 5) is 2.85. The van der Waals surface area contributed by atoms with Gasteiger partial charge >= 0.3 is 0 Å². The normalized spacial score (nSPS) is 20.3. The van der Waals surface area contributed by atoms with Crippen LogP contribution in [0.15, 0.2) is 65.7 Å². The molecule has 0 aliphatic carbocycles. The van der Waals surface area contributed by atoms with Crippen LogP contribution < -0.4 is 0 Å². The van der Waals surface area contributed by atoms with Crippen LogP contribution in [0.4, 0.5) is 0 Å². The molecule has 0 saturated carbocycles. The SMILES string of the molecule is Cc1ccc2c(c1)c(C1=CCN3CCCC3C1)cn2S(=O)(=O)c1ccccc1. The summed E-state index contributed by atoms with van der Waals surface area (Å²) in [6, 6.07) is 15.3. The molecule has 0 spiro atoms. The fraction of sp³-hybridized carbons (Fsp3) is 0.304. The lowest BCUT2D eigenvalue weighted by Gasteiger charge is -2.29. The Bertz CT molecular complexity index is 1180. The molecule has 2 aromatic carbocycles. The summed E-state index contributed by atoms with van der Waals surface area (Å²) >= 11 is 0. The summed E-state index contributed by atoms with van der Waals surface area (Å²) in [5.74, 6) is 0. The average molecular weight is 393 g/mol. The summed E-state index contributed by atoms with van der Waals surface area (Å²) in [6.07, 6.45) is 7.62. The minimum Gasteiger partial charge on any atom is -0.296 e. The van der Waals surface area contributed by atoms with Crippen LogP contribution in [0.25, 0.3) is 16.5 Å². The Morgan fingerprint density at radius 1 is 1.07 bits per heavy atom. The first-order valence-electron chi connectivity index (χ1n) is 9.90. The second kappa shape index (κ2) is 6.61. The van der Waals surface area contributed by atoms with Gasteiger partial charge in [0.25, 0.3) is 10.0 Å². The van der Waals surface area contributed by atoms with Gasteiger partial charge in [-0.1, -0.05) is 35.9 Å². The highest BCUT2D eigenvalue weighted by Crippen LogP contribution is 2.37. The molecule has 0 amide bonds. The zero-order chi connectivity index (χ0) is 19.3. The van der Waals surface area contributed by atoms with Gasteiger partial charge in [0.1, 0.15) is 0 Å². The topological polar surface area (TPSA) is 42.3 Å². The molecule has 5 rings (SSSR count). The van der Waals surface area contributed by atoms with E-state index >= 15 is 0 Å². The van der Waals surface area contributed by atoms with E-state index in [1.807, 2.05) is 24.4 Å². The first-order chi connectivity index (χ1) is 13.5. The number of hydrogen-bond donors (Lipinski definition) is 0. The Morgan fingerprint density at radius 2 is 1.89 bits per heavy atom. The third-order valence-electron chi connectivity index (χ3n) is 6.10. The van der Waals surface area contributed by atoms with Crippen molar-refractivity contribution in [2.45, 2.75) is 37.1 Å². The molecule has 5 heteroatoms. The van der Waals surface area contributed by atoms with E-state index < -0.39 is 10.0 Å². The van der Waals surface area contributed by atoms with E-state index in [-0.39, 0.29) is 0 Å². The number of aryl methyl sites for hydroxylation is 1. The van der Waals surface area contributed by atoms with E-state index in [9.17, 15) is 8.42 Å². The van der Waals surface area contributed by atoms with Crippen LogP contribution in [-0.4, -0.2) is 36.4 Å². The lowest BCUT2D eigenvalue weighted by Crippen LogP contribution is -2.32. The van der Waals surface area contributed by atoms with Crippen molar-refractivity contribution in [2.75, 3.05) is 13.1 Å². The molecule has 0 N–H and O–H groups in total. The summed E-state index contributed by atoms with van der Waals surface area (Å²) in [5, 5.41) is 1.03. The van der Waals surface area contributed by atoms with Gasteiger partial charge in [-0.05, 0) is 62.6 Å². The van der Waals surface area contributed by atoms with Crippen molar-refractivity contribution in [3.63, 3.8) is 0 Å². The maximum Gasteiger partial charge on any atom is 0.268 e. The largest absolute Gasteiger partial charge is 0.296 e. The van der Waals surface area contributed by atoms with E-state index in [2.05, 4.69) is 24.0 Å². The highest BCUT2D eigenvalue weighted by Gasteiger charge is 2.30. The molecule has 144 valence electrons. The minimum atomic E-state index is -3.63. The minimum absolute atomic E-state index is 0.318. The number of fused-ring (bicyclic) bond motifs is 2. The molecule has 1 aromatic heterocycles. The summed E-state index contributed by atoms with van der Waals surface area (Å²) in [6.45, 7) is 4.20. The van der Waals surface area contributed by atoms with Gasteiger partial charge < -0.3 is 0 Å². The van der Waals surface area contributed by atoms with Crippen LogP contribution in [0.5, 0.6) is 0 Å². The molecule has 0 radical (unpaired) electrons. The van der Waals surface area contributed by atoms with E-state index in [4.69, 9.17) is 0 Å². The lowest BCUT2D eigenvalue weighted by molar-refractivity contribution is 0.275. The second-order valence-electron chi connectivity index (χ2n) is 7.90. The van der Waals surface area contributed by atoms with Crippen LogP contribution in [-0.2, 0) is 10.0 Å². The van der Waals surface area contributed by atoms with E-state index in [0.717, 1.165) is 35.0 Å². The fourth-order valence-corrected chi connectivity index (χ4v) is 6.02. The standard InChI is InChI=1S/C23H24N2O2S/c1-17-9-10-23-21(14-17)22(18-11-13-24-12-5-6-19(24)15-18)16-25(23)28(26,27)20-7-3-2-4-8-20/h2-4,7-11,14,16,19H,5-6,12-13,15H2,1H3. The molecule has 2 aliphatic heterocycles. The van der Waals surface area contributed by atoms with Crippen LogP contribution in [0, 0.1) is 6.92 Å². The van der Waals surface area contributed by atoms with Crippen LogP contribution in [0.3, 0.4) is 0 Å². The number of hydrogen-bond acceptors (Lipinski definition) is 3. The molecule has 2 aliphatic rings. The highest BCUT2D eigenvalue weighted by molar-refractivity contribution is 7.90. The zero-order valence-corrected chi connectivity index (χ0v) is 16.8. The second-order valence-corrected chi connectivity index (χ2v) is 9.72. The van der Waals surface area contributed by atoms with Crippen LogP contribution in [0.1, 0.15) is 30.4 Å². The maximum atomic E-state index is 13.3. The summed E-state index contributed by atoms with van der Waals surface area (Å²) in [7, 11) is -3.63. The van der Waals surface area contributed by atoms with Gasteiger partial charge in [0, 0.05) is 29.7 Å². The van der Waals surface area contributed by atoms with Crippen LogP contribution in [0.2, 0.25) is 0 Å². The number of rotatable bonds is 3. The van der Waals surface area contributed by atoms with Gasteiger partial charge in [-0.15, -0.1) is 0 Å². The number of aromatic nitrogens is 1. The van der Waals surface area contributed by atoms with Crippen molar-refractivity contribution < 1.29 is 8.42 Å². The third-order valence-corrected chi connectivity index (χ3v) is 7.79. The molecule has 28 heavy (non-hydrogen) atoms. The Labute approximate surface area is 166 Å². The molecule has 1 unspecified atom stereocenters. The van der Waals surface area contributed by atoms with Crippen molar-refractivity contribution in [2.24, 2.45) is 0 Å². The Morgan fingerprint density at radius 3 is 2.71 bits per heavy atom. The van der Waals surface area contributed by atoms with Crippen molar-refractivity contribution in [3.05, 3.63) is 71.9 Å². The quantitative estimate of drug-likeness (QED) is 0.662. The molecule has 0 bridgehead atoms. The van der Waals surface area contributed by atoms with Gasteiger partial charge in [-0.25, -0.2) is 12.4 Å². The lowest BCUT2D eigenvalue weighted by atomic mass is 9.93. The van der Waals surface area contributed by atoms with Gasteiger partial charge in [0.05, 0.1) is 10.4 Å². The molecular formula is C23H24N2O2S. The smallest absolute Gasteiger partial charge is 0.268 e. The zero-order valence-electron chi connectivity index (χ0n) is 16.0. The average Bonchev–Trinajstić information content (AvgIpc) is 3.32. The predicted octanol–water partition coefficient (Wildman–Crippen LogP) is 4.44. The first kappa shape index (κ1) is 17.7. The summed E-state index contributed by atoms with van der Waals surface area (Å²) < 4.78 is 28.2. The molecule has 1 fully saturated rings. The van der Waals surface area contributed by atoms with E-state index in [1.54, 1.807) is 24.3 Å². The fourth-order valence-electron chi connectivity index (χ4n) is 4.63. The highest BCUT2D eigenvalue weighted by atomic mass is 32.2. The molecule has 1 saturated heterocycles. The van der Waals surface area contributed by atoms with Gasteiger partial charge in [-0.2, -0.15) is 0 Å². The number of nitrogens with zero attached hydrogens (tertiary/aromatic N) is 2. The first-order valence-corrected chi connectivity index (χ1v) is 11.3. The van der Waals surface area contributed by atoms with Gasteiger partial charge in [0.2, 0.25) is 0 Å². The van der Waals surface area contributed by atoms with Crippen molar-refractivity contribution >= 4 is 26.5 Å². The maximum absolute atomic E-state index is 13.3. The predicted molar refractivity (Wildman–Crippen MR) is 113 cm³/mol. The molecule has 3 heterocycles. The Kier molecular flexibility index (Phi) is 4.18. The van der Waals surface area contributed by atoms with Crippen molar-refractivity contribution in [3.8, 4) is 0 Å². The molecule has 3 aromatic rings. The van der Waals surface area contributed by atoms with Gasteiger partial charge in [-0.3, -0.25) is 4.90 Å². The molecule has 4 nitrogen and oxygen atoms in total. The Balaban J connectivity index is 1.68.